The molecule has 8 atom stereocenters. The zero-order valence-corrected chi connectivity index (χ0v) is 14.9. The zero-order chi connectivity index (χ0) is 16.2. The van der Waals surface area contributed by atoms with Gasteiger partial charge in [0.05, 0.1) is 12.2 Å². The Morgan fingerprint density at radius 3 is 2.48 bits per heavy atom. The van der Waals surface area contributed by atoms with E-state index < -0.39 is 0 Å². The van der Waals surface area contributed by atoms with E-state index in [1.807, 2.05) is 0 Å². The minimum Gasteiger partial charge on any atom is -0.393 e. The van der Waals surface area contributed by atoms with Crippen molar-refractivity contribution in [3.05, 3.63) is 0 Å². The summed E-state index contributed by atoms with van der Waals surface area (Å²) in [5, 5.41) is 19.3. The lowest BCUT2D eigenvalue weighted by Gasteiger charge is -2.61. The number of rotatable bonds is 1. The predicted octanol–water partition coefficient (Wildman–Crippen LogP) is 4.92. The Labute approximate surface area is 141 Å². The van der Waals surface area contributed by atoms with Gasteiger partial charge < -0.3 is 5.11 Å². The molecule has 0 heterocycles. The number of hydrogen-bond acceptors (Lipinski definition) is 2. The Morgan fingerprint density at radius 1 is 0.957 bits per heavy atom. The van der Waals surface area contributed by atoms with Crippen LogP contribution in [0.3, 0.4) is 0 Å². The average Bonchev–Trinajstić information content (AvgIpc) is 2.85. The van der Waals surface area contributed by atoms with Crippen LogP contribution in [0.1, 0.15) is 78.1 Å². The van der Waals surface area contributed by atoms with Gasteiger partial charge in [0, 0.05) is 6.42 Å². The summed E-state index contributed by atoms with van der Waals surface area (Å²) in [4.78, 5) is 0. The van der Waals surface area contributed by atoms with Gasteiger partial charge in [0.25, 0.3) is 0 Å². The summed E-state index contributed by atoms with van der Waals surface area (Å²) in [5.74, 6) is 4.05. The molecule has 0 saturated heterocycles. The summed E-state index contributed by atoms with van der Waals surface area (Å²) in [7, 11) is 0. The third-order valence-corrected chi connectivity index (χ3v) is 9.17. The highest BCUT2D eigenvalue weighted by Crippen LogP contribution is 2.67. The van der Waals surface area contributed by atoms with E-state index >= 15 is 0 Å². The van der Waals surface area contributed by atoms with Crippen molar-refractivity contribution in [1.82, 2.24) is 0 Å². The van der Waals surface area contributed by atoms with Gasteiger partial charge in [-0.2, -0.15) is 5.26 Å². The van der Waals surface area contributed by atoms with E-state index in [4.69, 9.17) is 0 Å². The van der Waals surface area contributed by atoms with Crippen LogP contribution in [0.25, 0.3) is 0 Å². The molecular formula is C21H33NO. The van der Waals surface area contributed by atoms with Gasteiger partial charge >= 0.3 is 0 Å². The number of fused-ring (bicyclic) bond motifs is 5. The minimum absolute atomic E-state index is 0.0371. The first kappa shape index (κ1) is 15.9. The third kappa shape index (κ3) is 2.22. The van der Waals surface area contributed by atoms with Gasteiger partial charge in [0.1, 0.15) is 0 Å². The number of nitriles is 1. The first-order valence-electron chi connectivity index (χ1n) is 10.0. The van der Waals surface area contributed by atoms with Crippen LogP contribution in [0.4, 0.5) is 0 Å². The fraction of sp³-hybridized carbons (Fsp3) is 0.952. The lowest BCUT2D eigenvalue weighted by Crippen LogP contribution is -2.53. The van der Waals surface area contributed by atoms with Crippen LogP contribution in [-0.4, -0.2) is 11.2 Å². The minimum atomic E-state index is -0.0371. The van der Waals surface area contributed by atoms with Crippen LogP contribution >= 0.6 is 0 Å². The number of aliphatic hydroxyl groups excluding tert-OH is 1. The van der Waals surface area contributed by atoms with Crippen molar-refractivity contribution in [2.45, 2.75) is 84.2 Å². The van der Waals surface area contributed by atoms with Crippen LogP contribution in [0.15, 0.2) is 0 Å². The van der Waals surface area contributed by atoms with Crippen molar-refractivity contribution in [2.24, 2.45) is 40.4 Å². The normalized spacial score (nSPS) is 55.4. The summed E-state index contributed by atoms with van der Waals surface area (Å²) in [6.07, 6.45) is 12.2. The molecule has 4 saturated carbocycles. The molecule has 1 N–H and O–H groups in total. The molecule has 4 rings (SSSR count). The molecule has 0 aromatic carbocycles. The largest absolute Gasteiger partial charge is 0.393 e. The number of hydrogen-bond donors (Lipinski definition) is 1. The van der Waals surface area contributed by atoms with Crippen LogP contribution in [0.2, 0.25) is 0 Å². The van der Waals surface area contributed by atoms with Gasteiger partial charge in [-0.05, 0) is 98.2 Å². The lowest BCUT2D eigenvalue weighted by atomic mass is 9.44. The second-order valence-corrected chi connectivity index (χ2v) is 9.77. The molecule has 0 spiro atoms. The molecule has 2 heteroatoms. The van der Waals surface area contributed by atoms with Gasteiger partial charge in [-0.1, -0.05) is 13.8 Å². The maximum atomic E-state index is 10.1. The summed E-state index contributed by atoms with van der Waals surface area (Å²) < 4.78 is 0. The number of aliphatic hydroxyl groups is 1. The molecule has 0 radical (unpaired) electrons. The second-order valence-electron chi connectivity index (χ2n) is 9.77. The maximum absolute atomic E-state index is 10.1. The SMILES string of the molecule is C[C@]12CC[C@@H](O)C[C@H]1CC[C@@H]1[C@@H]2CC[C@]2(C)[C@@H](CC#N)CC[C@@H]12. The van der Waals surface area contributed by atoms with Gasteiger partial charge in [0.2, 0.25) is 0 Å². The zero-order valence-electron chi connectivity index (χ0n) is 14.9. The van der Waals surface area contributed by atoms with E-state index in [2.05, 4.69) is 19.9 Å². The first-order valence-corrected chi connectivity index (χ1v) is 10.0. The third-order valence-electron chi connectivity index (χ3n) is 9.17. The number of nitrogens with zero attached hydrogens (tertiary/aromatic N) is 1. The monoisotopic (exact) mass is 315 g/mol. The summed E-state index contributed by atoms with van der Waals surface area (Å²) >= 11 is 0. The van der Waals surface area contributed by atoms with Gasteiger partial charge in [-0.15, -0.1) is 0 Å². The molecular weight excluding hydrogens is 282 g/mol. The first-order chi connectivity index (χ1) is 11.0. The molecule has 0 aromatic rings. The molecule has 4 aliphatic carbocycles. The second kappa shape index (κ2) is 5.48. The summed E-state index contributed by atoms with van der Waals surface area (Å²) in [5.41, 5.74) is 0.922. The van der Waals surface area contributed by atoms with Crippen LogP contribution in [0.5, 0.6) is 0 Å². The van der Waals surface area contributed by atoms with E-state index in [9.17, 15) is 10.4 Å². The Morgan fingerprint density at radius 2 is 1.70 bits per heavy atom. The topological polar surface area (TPSA) is 44.0 Å². The van der Waals surface area contributed by atoms with E-state index in [-0.39, 0.29) is 6.10 Å². The highest BCUT2D eigenvalue weighted by Gasteiger charge is 2.59. The molecule has 0 amide bonds. The van der Waals surface area contributed by atoms with Crippen molar-refractivity contribution >= 4 is 0 Å². The Kier molecular flexibility index (Phi) is 3.80. The Bertz CT molecular complexity index is 510. The smallest absolute Gasteiger partial charge is 0.0624 e. The molecule has 4 fully saturated rings. The predicted molar refractivity (Wildman–Crippen MR) is 91.5 cm³/mol. The highest BCUT2D eigenvalue weighted by atomic mass is 16.3. The molecule has 128 valence electrons. The summed E-state index contributed by atoms with van der Waals surface area (Å²) in [6.45, 7) is 5.08. The molecule has 23 heavy (non-hydrogen) atoms. The molecule has 0 bridgehead atoms. The van der Waals surface area contributed by atoms with E-state index in [0.29, 0.717) is 16.7 Å². The molecule has 2 nitrogen and oxygen atoms in total. The van der Waals surface area contributed by atoms with Crippen molar-refractivity contribution in [1.29, 1.82) is 5.26 Å². The van der Waals surface area contributed by atoms with E-state index in [0.717, 1.165) is 42.9 Å². The fourth-order valence-corrected chi connectivity index (χ4v) is 7.79. The van der Waals surface area contributed by atoms with Crippen LogP contribution < -0.4 is 0 Å². The van der Waals surface area contributed by atoms with Crippen molar-refractivity contribution in [3.63, 3.8) is 0 Å². The van der Waals surface area contributed by atoms with Crippen molar-refractivity contribution in [3.8, 4) is 6.07 Å². The Hall–Kier alpha value is -0.550. The maximum Gasteiger partial charge on any atom is 0.0624 e. The van der Waals surface area contributed by atoms with Gasteiger partial charge in [-0.3, -0.25) is 0 Å². The molecule has 0 aliphatic heterocycles. The van der Waals surface area contributed by atoms with Crippen LogP contribution in [-0.2, 0) is 0 Å². The lowest BCUT2D eigenvalue weighted by molar-refractivity contribution is -0.126. The quantitative estimate of drug-likeness (QED) is 0.746. The van der Waals surface area contributed by atoms with Crippen LogP contribution in [0, 0.1) is 51.8 Å². The average molecular weight is 316 g/mol. The molecule has 0 unspecified atom stereocenters. The summed E-state index contributed by atoms with van der Waals surface area (Å²) in [6, 6.07) is 2.47. The van der Waals surface area contributed by atoms with E-state index in [1.165, 1.54) is 44.9 Å². The fourth-order valence-electron chi connectivity index (χ4n) is 7.79. The molecule has 4 aliphatic rings. The standard InChI is InChI=1S/C21H33NO/c1-20-11-8-19-17(18(20)6-4-14(20)9-12-22)5-3-15-13-16(23)7-10-21(15,19)2/h14-19,23H,3-11,13H2,1-2H3/t14-,15-,16-,17+,18+,19+,20-,21+/m1/s1. The van der Waals surface area contributed by atoms with Gasteiger partial charge in [-0.25, -0.2) is 0 Å². The van der Waals surface area contributed by atoms with Gasteiger partial charge in [0.15, 0.2) is 0 Å². The highest BCUT2D eigenvalue weighted by molar-refractivity contribution is 5.09. The molecule has 0 aromatic heterocycles. The Balaban J connectivity index is 1.59. The van der Waals surface area contributed by atoms with E-state index in [1.54, 1.807) is 0 Å². The van der Waals surface area contributed by atoms with Crippen molar-refractivity contribution in [2.75, 3.05) is 0 Å². The van der Waals surface area contributed by atoms with Crippen molar-refractivity contribution < 1.29 is 5.11 Å².